The van der Waals surface area contributed by atoms with Crippen molar-refractivity contribution in [1.82, 2.24) is 4.90 Å². The van der Waals surface area contributed by atoms with E-state index < -0.39 is 0 Å². The summed E-state index contributed by atoms with van der Waals surface area (Å²) >= 11 is 3.31. The minimum atomic E-state index is 0.129. The zero-order valence-corrected chi connectivity index (χ0v) is 11.2. The van der Waals surface area contributed by atoms with Gasteiger partial charge in [0.25, 0.3) is 0 Å². The van der Waals surface area contributed by atoms with Crippen LogP contribution in [0.4, 0.5) is 0 Å². The Kier molecular flexibility index (Phi) is 5.32. The number of hydrogen-bond acceptors (Lipinski definition) is 2. The molecule has 0 saturated heterocycles. The second-order valence-electron chi connectivity index (χ2n) is 3.53. The molecule has 0 radical (unpaired) electrons. The molecular formula is C12H16BrNO2. The van der Waals surface area contributed by atoms with Crippen molar-refractivity contribution in [2.75, 3.05) is 26.0 Å². The molecule has 1 rings (SSSR count). The van der Waals surface area contributed by atoms with Gasteiger partial charge in [-0.05, 0) is 17.7 Å². The number of alkyl halides is 1. The van der Waals surface area contributed by atoms with Crippen molar-refractivity contribution in [3.63, 3.8) is 0 Å². The molecule has 1 aromatic carbocycles. The monoisotopic (exact) mass is 285 g/mol. The van der Waals surface area contributed by atoms with Crippen LogP contribution in [0.5, 0.6) is 5.75 Å². The van der Waals surface area contributed by atoms with Gasteiger partial charge >= 0.3 is 0 Å². The maximum absolute atomic E-state index is 11.7. The highest BCUT2D eigenvalue weighted by atomic mass is 79.9. The summed E-state index contributed by atoms with van der Waals surface area (Å²) in [5, 5.41) is 0.803. The Labute approximate surface area is 105 Å². The van der Waals surface area contributed by atoms with Crippen LogP contribution in [0.2, 0.25) is 0 Å². The zero-order valence-electron chi connectivity index (χ0n) is 9.57. The molecule has 0 aliphatic carbocycles. The Hall–Kier alpha value is -1.03. The highest BCUT2D eigenvalue weighted by molar-refractivity contribution is 9.09. The van der Waals surface area contributed by atoms with Crippen LogP contribution in [0.1, 0.15) is 5.56 Å². The fourth-order valence-corrected chi connectivity index (χ4v) is 1.84. The summed E-state index contributed by atoms with van der Waals surface area (Å²) in [6, 6.07) is 7.57. The van der Waals surface area contributed by atoms with Crippen molar-refractivity contribution in [3.8, 4) is 5.75 Å². The van der Waals surface area contributed by atoms with Gasteiger partial charge in [0.2, 0.25) is 5.91 Å². The molecule has 1 amide bonds. The van der Waals surface area contributed by atoms with Gasteiger partial charge in [-0.1, -0.05) is 28.1 Å². The summed E-state index contributed by atoms with van der Waals surface area (Å²) < 4.78 is 5.06. The molecule has 88 valence electrons. The van der Waals surface area contributed by atoms with Crippen molar-refractivity contribution in [3.05, 3.63) is 29.8 Å². The summed E-state index contributed by atoms with van der Waals surface area (Å²) in [5.41, 5.74) is 1.01. The number of amides is 1. The summed E-state index contributed by atoms with van der Waals surface area (Å²) in [5.74, 6) is 0.939. The highest BCUT2D eigenvalue weighted by Crippen LogP contribution is 2.12. The molecule has 16 heavy (non-hydrogen) atoms. The van der Waals surface area contributed by atoms with Crippen LogP contribution in [-0.2, 0) is 11.2 Å². The fourth-order valence-electron chi connectivity index (χ4n) is 1.30. The van der Waals surface area contributed by atoms with Crippen LogP contribution in [0.25, 0.3) is 0 Å². The highest BCUT2D eigenvalue weighted by Gasteiger charge is 2.08. The minimum absolute atomic E-state index is 0.129. The van der Waals surface area contributed by atoms with Gasteiger partial charge in [0.05, 0.1) is 13.5 Å². The Morgan fingerprint density at radius 2 is 2.00 bits per heavy atom. The lowest BCUT2D eigenvalue weighted by Gasteiger charge is -2.15. The van der Waals surface area contributed by atoms with Gasteiger partial charge in [0.1, 0.15) is 5.75 Å². The van der Waals surface area contributed by atoms with Crippen LogP contribution >= 0.6 is 15.9 Å². The van der Waals surface area contributed by atoms with Crippen molar-refractivity contribution >= 4 is 21.8 Å². The summed E-state index contributed by atoms with van der Waals surface area (Å²) in [6.45, 7) is 0.731. The maximum atomic E-state index is 11.7. The Morgan fingerprint density at radius 3 is 2.50 bits per heavy atom. The van der Waals surface area contributed by atoms with E-state index in [2.05, 4.69) is 15.9 Å². The molecule has 4 heteroatoms. The van der Waals surface area contributed by atoms with Gasteiger partial charge in [-0.2, -0.15) is 0 Å². The minimum Gasteiger partial charge on any atom is -0.497 e. The molecule has 0 bridgehead atoms. The van der Waals surface area contributed by atoms with Gasteiger partial charge in [0, 0.05) is 18.9 Å². The number of ether oxygens (including phenoxy) is 1. The van der Waals surface area contributed by atoms with Crippen molar-refractivity contribution < 1.29 is 9.53 Å². The first-order valence-corrected chi connectivity index (χ1v) is 6.22. The van der Waals surface area contributed by atoms with E-state index in [0.29, 0.717) is 6.42 Å². The molecule has 0 unspecified atom stereocenters. The lowest BCUT2D eigenvalue weighted by molar-refractivity contribution is -0.128. The van der Waals surface area contributed by atoms with E-state index in [1.54, 1.807) is 12.0 Å². The van der Waals surface area contributed by atoms with Gasteiger partial charge in [-0.3, -0.25) is 4.79 Å². The Bertz CT molecular complexity index is 337. The van der Waals surface area contributed by atoms with Crippen molar-refractivity contribution in [2.24, 2.45) is 0 Å². The second-order valence-corrected chi connectivity index (χ2v) is 4.32. The van der Waals surface area contributed by atoms with E-state index in [4.69, 9.17) is 4.74 Å². The van der Waals surface area contributed by atoms with Gasteiger partial charge < -0.3 is 9.64 Å². The fraction of sp³-hybridized carbons (Fsp3) is 0.417. The van der Waals surface area contributed by atoms with Crippen LogP contribution in [0.3, 0.4) is 0 Å². The van der Waals surface area contributed by atoms with Crippen molar-refractivity contribution in [2.45, 2.75) is 6.42 Å². The molecular weight excluding hydrogens is 270 g/mol. The average molecular weight is 286 g/mol. The van der Waals surface area contributed by atoms with Crippen LogP contribution in [0, 0.1) is 0 Å². The second kappa shape index (κ2) is 6.53. The first-order valence-electron chi connectivity index (χ1n) is 5.10. The summed E-state index contributed by atoms with van der Waals surface area (Å²) in [6.07, 6.45) is 0.438. The standard InChI is InChI=1S/C12H16BrNO2/c1-14(8-7-13)12(15)9-10-3-5-11(16-2)6-4-10/h3-6H,7-9H2,1-2H3. The van der Waals surface area contributed by atoms with E-state index in [1.165, 1.54) is 0 Å². The smallest absolute Gasteiger partial charge is 0.226 e. The number of likely N-dealkylation sites (N-methyl/N-ethyl adjacent to an activating group) is 1. The predicted molar refractivity (Wildman–Crippen MR) is 68.1 cm³/mol. The number of rotatable bonds is 5. The van der Waals surface area contributed by atoms with E-state index in [0.717, 1.165) is 23.2 Å². The Balaban J connectivity index is 2.55. The largest absolute Gasteiger partial charge is 0.497 e. The third kappa shape index (κ3) is 3.85. The SMILES string of the molecule is COc1ccc(CC(=O)N(C)CCBr)cc1. The van der Waals surface area contributed by atoms with E-state index in [-0.39, 0.29) is 5.91 Å². The van der Waals surface area contributed by atoms with Gasteiger partial charge in [-0.25, -0.2) is 0 Å². The van der Waals surface area contributed by atoms with E-state index in [9.17, 15) is 4.79 Å². The molecule has 1 aromatic rings. The number of carbonyl (C=O) groups excluding carboxylic acids is 1. The number of carbonyl (C=O) groups is 1. The third-order valence-corrected chi connectivity index (χ3v) is 2.71. The molecule has 0 aliphatic rings. The zero-order chi connectivity index (χ0) is 12.0. The van der Waals surface area contributed by atoms with Crippen LogP contribution in [-0.4, -0.2) is 36.8 Å². The molecule has 3 nitrogen and oxygen atoms in total. The quantitative estimate of drug-likeness (QED) is 0.776. The predicted octanol–water partition coefficient (Wildman–Crippen LogP) is 2.09. The third-order valence-electron chi connectivity index (χ3n) is 2.36. The molecule has 0 fully saturated rings. The molecule has 0 aliphatic heterocycles. The lowest BCUT2D eigenvalue weighted by atomic mass is 10.1. The van der Waals surface area contributed by atoms with Crippen LogP contribution in [0.15, 0.2) is 24.3 Å². The van der Waals surface area contributed by atoms with Crippen molar-refractivity contribution in [1.29, 1.82) is 0 Å². The van der Waals surface area contributed by atoms with Crippen LogP contribution < -0.4 is 4.74 Å². The molecule has 0 aromatic heterocycles. The molecule has 0 saturated carbocycles. The van der Waals surface area contributed by atoms with E-state index >= 15 is 0 Å². The van der Waals surface area contributed by atoms with Gasteiger partial charge in [0.15, 0.2) is 0 Å². The average Bonchev–Trinajstić information content (AvgIpc) is 2.30. The first-order chi connectivity index (χ1) is 7.67. The molecule has 0 spiro atoms. The number of nitrogens with zero attached hydrogens (tertiary/aromatic N) is 1. The number of halogens is 1. The lowest BCUT2D eigenvalue weighted by Crippen LogP contribution is -2.29. The summed E-state index contributed by atoms with van der Waals surface area (Å²) in [7, 11) is 3.44. The normalized spacial score (nSPS) is 9.94. The number of benzene rings is 1. The summed E-state index contributed by atoms with van der Waals surface area (Å²) in [4.78, 5) is 13.5. The van der Waals surface area contributed by atoms with E-state index in [1.807, 2.05) is 31.3 Å². The molecule has 0 N–H and O–H groups in total. The first kappa shape index (κ1) is 13.0. The molecule has 0 heterocycles. The molecule has 0 atom stereocenters. The topological polar surface area (TPSA) is 29.5 Å². The van der Waals surface area contributed by atoms with Gasteiger partial charge in [-0.15, -0.1) is 0 Å². The maximum Gasteiger partial charge on any atom is 0.226 e. The number of methoxy groups -OCH3 is 1. The number of hydrogen-bond donors (Lipinski definition) is 0. The Morgan fingerprint density at radius 1 is 1.38 bits per heavy atom.